The van der Waals surface area contributed by atoms with Crippen molar-refractivity contribution in [1.29, 1.82) is 0 Å². The summed E-state index contributed by atoms with van der Waals surface area (Å²) in [5.74, 6) is 0.750. The third-order valence-electron chi connectivity index (χ3n) is 4.11. The Labute approximate surface area is 128 Å². The molecule has 1 fully saturated rings. The van der Waals surface area contributed by atoms with Crippen molar-refractivity contribution in [3.63, 3.8) is 0 Å². The molecule has 7 nitrogen and oxygen atoms in total. The van der Waals surface area contributed by atoms with Gasteiger partial charge in [-0.25, -0.2) is 9.78 Å². The van der Waals surface area contributed by atoms with Crippen molar-refractivity contribution in [1.82, 2.24) is 19.8 Å². The van der Waals surface area contributed by atoms with E-state index in [4.69, 9.17) is 5.73 Å². The lowest BCUT2D eigenvalue weighted by atomic mass is 10.2. The molecule has 2 aromatic rings. The van der Waals surface area contributed by atoms with E-state index < -0.39 is 6.03 Å². The highest BCUT2D eigenvalue weighted by atomic mass is 16.2. The van der Waals surface area contributed by atoms with Crippen LogP contribution in [0.5, 0.6) is 0 Å². The Bertz CT molecular complexity index is 724. The van der Waals surface area contributed by atoms with Gasteiger partial charge in [0.25, 0.3) is 0 Å². The van der Waals surface area contributed by atoms with E-state index in [9.17, 15) is 9.59 Å². The van der Waals surface area contributed by atoms with Crippen LogP contribution in [-0.4, -0.2) is 39.5 Å². The number of carbonyl (C=O) groups excluding carboxylic acids is 2. The van der Waals surface area contributed by atoms with E-state index in [-0.39, 0.29) is 18.5 Å². The van der Waals surface area contributed by atoms with Crippen LogP contribution in [0, 0.1) is 0 Å². The summed E-state index contributed by atoms with van der Waals surface area (Å²) in [4.78, 5) is 29.5. The van der Waals surface area contributed by atoms with E-state index in [2.05, 4.69) is 10.3 Å². The van der Waals surface area contributed by atoms with Crippen molar-refractivity contribution in [3.8, 4) is 0 Å². The Morgan fingerprint density at radius 3 is 2.91 bits per heavy atom. The lowest BCUT2D eigenvalue weighted by molar-refractivity contribution is -0.131. The smallest absolute Gasteiger partial charge is 0.312 e. The van der Waals surface area contributed by atoms with Crippen LogP contribution in [0.2, 0.25) is 0 Å². The summed E-state index contributed by atoms with van der Waals surface area (Å²) in [5, 5.41) is 2.36. The minimum atomic E-state index is -0.688. The average Bonchev–Trinajstić information content (AvgIpc) is 3.10. The number of hydrogen-bond donors (Lipinski definition) is 2. The number of nitrogens with one attached hydrogen (secondary N) is 1. The van der Waals surface area contributed by atoms with Crippen molar-refractivity contribution >= 4 is 23.0 Å². The summed E-state index contributed by atoms with van der Waals surface area (Å²) in [6.45, 7) is 0.600. The van der Waals surface area contributed by atoms with Gasteiger partial charge in [0.15, 0.2) is 0 Å². The van der Waals surface area contributed by atoms with Crippen LogP contribution < -0.4 is 11.1 Å². The Hall–Kier alpha value is -2.57. The number of nitrogens with two attached hydrogens (primary N) is 1. The van der Waals surface area contributed by atoms with Crippen molar-refractivity contribution in [3.05, 3.63) is 30.1 Å². The minimum absolute atomic E-state index is 0.0559. The molecule has 22 heavy (non-hydrogen) atoms. The molecule has 3 N–H and O–H groups in total. The minimum Gasteiger partial charge on any atom is -0.352 e. The van der Waals surface area contributed by atoms with Crippen LogP contribution in [0.1, 0.15) is 24.7 Å². The van der Waals surface area contributed by atoms with E-state index in [0.29, 0.717) is 6.54 Å². The van der Waals surface area contributed by atoms with Crippen LogP contribution in [0.3, 0.4) is 0 Å². The molecule has 1 aromatic heterocycles. The first-order valence-electron chi connectivity index (χ1n) is 7.32. The summed E-state index contributed by atoms with van der Waals surface area (Å²) in [7, 11) is 1.97. The molecule has 0 unspecified atom stereocenters. The van der Waals surface area contributed by atoms with Gasteiger partial charge in [0.2, 0.25) is 5.91 Å². The Balaban J connectivity index is 1.87. The van der Waals surface area contributed by atoms with Gasteiger partial charge in [0.1, 0.15) is 5.82 Å². The first kappa shape index (κ1) is 14.4. The van der Waals surface area contributed by atoms with Crippen molar-refractivity contribution in [2.45, 2.75) is 18.9 Å². The van der Waals surface area contributed by atoms with Gasteiger partial charge < -0.3 is 20.5 Å². The quantitative estimate of drug-likeness (QED) is 0.882. The third-order valence-corrected chi connectivity index (χ3v) is 4.11. The molecule has 1 aromatic carbocycles. The molecule has 0 spiro atoms. The fourth-order valence-corrected chi connectivity index (χ4v) is 3.06. The number of urea groups is 1. The molecule has 1 atom stereocenters. The molecule has 2 heterocycles. The van der Waals surface area contributed by atoms with E-state index in [1.54, 1.807) is 4.90 Å². The predicted octanol–water partition coefficient (Wildman–Crippen LogP) is 0.905. The molecule has 1 aliphatic heterocycles. The molecule has 0 radical (unpaired) electrons. The number of hydrogen-bond acceptors (Lipinski definition) is 3. The number of rotatable bonds is 3. The van der Waals surface area contributed by atoms with Gasteiger partial charge in [-0.05, 0) is 25.0 Å². The maximum Gasteiger partial charge on any atom is 0.312 e. The van der Waals surface area contributed by atoms with E-state index >= 15 is 0 Å². The molecule has 3 amide bonds. The number of nitrogens with zero attached hydrogens (tertiary/aromatic N) is 3. The van der Waals surface area contributed by atoms with Crippen LogP contribution in [0.25, 0.3) is 11.0 Å². The SMILES string of the molecule is Cn1c([C@@H]2CCCN2C(=O)CNC(N)=O)nc2ccccc21. The number of para-hydroxylation sites is 2. The summed E-state index contributed by atoms with van der Waals surface area (Å²) in [5.41, 5.74) is 7.00. The maximum absolute atomic E-state index is 12.3. The van der Waals surface area contributed by atoms with E-state index in [0.717, 1.165) is 29.7 Å². The van der Waals surface area contributed by atoms with Gasteiger partial charge in [0, 0.05) is 13.6 Å². The highest BCUT2D eigenvalue weighted by molar-refractivity contribution is 5.84. The lowest BCUT2D eigenvalue weighted by Crippen LogP contribution is -2.42. The maximum atomic E-state index is 12.3. The predicted molar refractivity (Wildman–Crippen MR) is 82.0 cm³/mol. The molecule has 0 bridgehead atoms. The number of aryl methyl sites for hydroxylation is 1. The summed E-state index contributed by atoms with van der Waals surface area (Å²) in [6, 6.07) is 7.16. The van der Waals surface area contributed by atoms with Crippen molar-refractivity contribution in [2.24, 2.45) is 12.8 Å². The Kier molecular flexibility index (Phi) is 3.70. The van der Waals surface area contributed by atoms with Crippen molar-refractivity contribution in [2.75, 3.05) is 13.1 Å². The topological polar surface area (TPSA) is 93.3 Å². The lowest BCUT2D eigenvalue weighted by Gasteiger charge is -2.24. The number of imidazole rings is 1. The second kappa shape index (κ2) is 5.67. The van der Waals surface area contributed by atoms with E-state index in [1.165, 1.54) is 0 Å². The molecule has 1 saturated heterocycles. The zero-order chi connectivity index (χ0) is 15.7. The van der Waals surface area contributed by atoms with Crippen LogP contribution in [0.15, 0.2) is 24.3 Å². The van der Waals surface area contributed by atoms with Crippen LogP contribution >= 0.6 is 0 Å². The zero-order valence-corrected chi connectivity index (χ0v) is 12.5. The largest absolute Gasteiger partial charge is 0.352 e. The summed E-state index contributed by atoms with van der Waals surface area (Å²) in [6.07, 6.45) is 1.80. The number of amides is 3. The second-order valence-corrected chi connectivity index (χ2v) is 5.48. The summed E-state index contributed by atoms with van der Waals surface area (Å²) >= 11 is 0. The van der Waals surface area contributed by atoms with Gasteiger partial charge in [-0.1, -0.05) is 12.1 Å². The normalized spacial score (nSPS) is 17.9. The highest BCUT2D eigenvalue weighted by Gasteiger charge is 2.32. The number of primary amides is 1. The fourth-order valence-electron chi connectivity index (χ4n) is 3.06. The molecule has 3 rings (SSSR count). The summed E-state index contributed by atoms with van der Waals surface area (Å²) < 4.78 is 2.03. The molecule has 1 aliphatic rings. The molecular weight excluding hydrogens is 282 g/mol. The van der Waals surface area contributed by atoms with Gasteiger partial charge in [-0.3, -0.25) is 4.79 Å². The molecule has 0 aliphatic carbocycles. The highest BCUT2D eigenvalue weighted by Crippen LogP contribution is 2.32. The number of carbonyl (C=O) groups is 2. The average molecular weight is 301 g/mol. The fraction of sp³-hybridized carbons (Fsp3) is 0.400. The molecular formula is C15H19N5O2. The zero-order valence-electron chi connectivity index (χ0n) is 12.5. The monoisotopic (exact) mass is 301 g/mol. The number of aromatic nitrogens is 2. The van der Waals surface area contributed by atoms with Gasteiger partial charge >= 0.3 is 6.03 Å². The molecule has 116 valence electrons. The third kappa shape index (κ3) is 2.49. The van der Waals surface area contributed by atoms with Crippen LogP contribution in [-0.2, 0) is 11.8 Å². The Morgan fingerprint density at radius 1 is 1.41 bits per heavy atom. The number of benzene rings is 1. The number of likely N-dealkylation sites (tertiary alicyclic amines) is 1. The standard InChI is InChI=1S/C15H19N5O2/c1-19-11-6-3-2-5-10(11)18-14(19)12-7-4-8-20(12)13(21)9-17-15(16)22/h2-3,5-6,12H,4,7-9H2,1H3,(H3,16,17,22)/t12-/m0/s1. The second-order valence-electron chi connectivity index (χ2n) is 5.48. The first-order valence-corrected chi connectivity index (χ1v) is 7.32. The van der Waals surface area contributed by atoms with Crippen molar-refractivity contribution < 1.29 is 9.59 Å². The van der Waals surface area contributed by atoms with Gasteiger partial charge in [-0.15, -0.1) is 0 Å². The van der Waals surface area contributed by atoms with Gasteiger partial charge in [-0.2, -0.15) is 0 Å². The van der Waals surface area contributed by atoms with Gasteiger partial charge in [0.05, 0.1) is 23.6 Å². The molecule has 0 saturated carbocycles. The molecule has 7 heteroatoms. The number of fused-ring (bicyclic) bond motifs is 1. The first-order chi connectivity index (χ1) is 10.6. The Morgan fingerprint density at radius 2 is 2.18 bits per heavy atom. The van der Waals surface area contributed by atoms with Crippen LogP contribution in [0.4, 0.5) is 4.79 Å². The van der Waals surface area contributed by atoms with E-state index in [1.807, 2.05) is 35.9 Å².